The molecule has 3 N–H and O–H groups in total. The molecular formula is C20H28N2O2. The lowest BCUT2D eigenvalue weighted by molar-refractivity contribution is -0.0186. The lowest BCUT2D eigenvalue weighted by Gasteiger charge is -2.57. The van der Waals surface area contributed by atoms with Gasteiger partial charge in [-0.3, -0.25) is 4.79 Å². The van der Waals surface area contributed by atoms with Gasteiger partial charge in [0.2, 0.25) is 0 Å². The Morgan fingerprint density at radius 3 is 2.38 bits per heavy atom. The minimum Gasteiger partial charge on any atom is -0.492 e. The fourth-order valence-corrected chi connectivity index (χ4v) is 5.71. The van der Waals surface area contributed by atoms with Crippen LogP contribution in [0.3, 0.4) is 0 Å². The molecule has 0 atom stereocenters. The number of rotatable bonds is 6. The lowest BCUT2D eigenvalue weighted by atomic mass is 9.53. The summed E-state index contributed by atoms with van der Waals surface area (Å²) in [6.07, 6.45) is 8.05. The summed E-state index contributed by atoms with van der Waals surface area (Å²) in [7, 11) is 0. The average molecular weight is 328 g/mol. The monoisotopic (exact) mass is 328 g/mol. The maximum absolute atomic E-state index is 12.6. The summed E-state index contributed by atoms with van der Waals surface area (Å²) in [5.74, 6) is 3.45. The van der Waals surface area contributed by atoms with E-state index in [1.54, 1.807) is 12.1 Å². The van der Waals surface area contributed by atoms with Gasteiger partial charge in [0.1, 0.15) is 5.75 Å². The lowest BCUT2D eigenvalue weighted by Crippen LogP contribution is -2.59. The highest BCUT2D eigenvalue weighted by molar-refractivity contribution is 5.98. The van der Waals surface area contributed by atoms with Crippen LogP contribution in [0.15, 0.2) is 18.2 Å². The number of hydrogen-bond donors (Lipinski definition) is 2. The smallest absolute Gasteiger partial charge is 0.176 e. The van der Waals surface area contributed by atoms with E-state index in [0.717, 1.165) is 17.8 Å². The van der Waals surface area contributed by atoms with Gasteiger partial charge in [-0.05, 0) is 81.4 Å². The van der Waals surface area contributed by atoms with Crippen LogP contribution in [-0.4, -0.2) is 24.5 Å². The summed E-state index contributed by atoms with van der Waals surface area (Å²) in [5, 5.41) is 3.66. The third kappa shape index (κ3) is 2.92. The van der Waals surface area contributed by atoms with Crippen LogP contribution in [0.4, 0.5) is 5.69 Å². The van der Waals surface area contributed by atoms with Crippen molar-refractivity contribution in [3.05, 3.63) is 23.8 Å². The molecule has 0 aliphatic heterocycles. The molecule has 4 aliphatic rings. The summed E-state index contributed by atoms with van der Waals surface area (Å²) in [6.45, 7) is 2.92. The van der Waals surface area contributed by atoms with E-state index >= 15 is 0 Å². The third-order valence-electron chi connectivity index (χ3n) is 6.29. The molecule has 0 spiro atoms. The standard InChI is InChI=1S/C20H28N2O2/c1-2-24-19-4-3-16(8-17(19)21)18(23)12-22-20-9-13-5-14(10-20)7-15(6-13)11-20/h3-4,8,13-15,22H,2,5-7,9-12,21H2,1H3. The van der Waals surface area contributed by atoms with Crippen molar-refractivity contribution in [2.45, 2.75) is 51.0 Å². The first-order chi connectivity index (χ1) is 11.6. The highest BCUT2D eigenvalue weighted by Crippen LogP contribution is 2.55. The Balaban J connectivity index is 1.41. The zero-order valence-corrected chi connectivity index (χ0v) is 14.5. The molecule has 0 radical (unpaired) electrons. The molecule has 0 unspecified atom stereocenters. The maximum Gasteiger partial charge on any atom is 0.176 e. The molecule has 0 heterocycles. The molecule has 0 amide bonds. The van der Waals surface area contributed by atoms with Crippen LogP contribution in [0, 0.1) is 17.8 Å². The van der Waals surface area contributed by atoms with E-state index in [9.17, 15) is 4.79 Å². The van der Waals surface area contributed by atoms with Gasteiger partial charge in [0, 0.05) is 11.1 Å². The van der Waals surface area contributed by atoms with Gasteiger partial charge in [-0.15, -0.1) is 0 Å². The van der Waals surface area contributed by atoms with E-state index < -0.39 is 0 Å². The van der Waals surface area contributed by atoms with Crippen LogP contribution >= 0.6 is 0 Å². The number of carbonyl (C=O) groups is 1. The van der Waals surface area contributed by atoms with Crippen molar-refractivity contribution < 1.29 is 9.53 Å². The van der Waals surface area contributed by atoms with Crippen LogP contribution in [0.1, 0.15) is 55.8 Å². The van der Waals surface area contributed by atoms with E-state index in [0.29, 0.717) is 30.2 Å². The topological polar surface area (TPSA) is 64.3 Å². The van der Waals surface area contributed by atoms with E-state index in [-0.39, 0.29) is 11.3 Å². The molecule has 1 aromatic rings. The van der Waals surface area contributed by atoms with Gasteiger partial charge in [-0.25, -0.2) is 0 Å². The highest BCUT2D eigenvalue weighted by atomic mass is 16.5. The average Bonchev–Trinajstić information content (AvgIpc) is 2.53. The summed E-state index contributed by atoms with van der Waals surface area (Å²) >= 11 is 0. The van der Waals surface area contributed by atoms with Gasteiger partial charge >= 0.3 is 0 Å². The third-order valence-corrected chi connectivity index (χ3v) is 6.29. The minimum atomic E-state index is 0.125. The van der Waals surface area contributed by atoms with Crippen molar-refractivity contribution in [2.75, 3.05) is 18.9 Å². The summed E-state index contributed by atoms with van der Waals surface area (Å²) in [6, 6.07) is 5.37. The Labute approximate surface area is 144 Å². The molecule has 4 bridgehead atoms. The molecule has 4 nitrogen and oxygen atoms in total. The first-order valence-electron chi connectivity index (χ1n) is 9.37. The maximum atomic E-state index is 12.6. The molecule has 1 aromatic carbocycles. The zero-order valence-electron chi connectivity index (χ0n) is 14.5. The number of nitrogens with two attached hydrogens (primary N) is 1. The number of Topliss-reactive ketones (excluding diaryl/α,β-unsaturated/α-hetero) is 1. The molecule has 4 aliphatic carbocycles. The van der Waals surface area contributed by atoms with Crippen LogP contribution in [-0.2, 0) is 0 Å². The van der Waals surface area contributed by atoms with Crippen molar-refractivity contribution in [3.63, 3.8) is 0 Å². The van der Waals surface area contributed by atoms with E-state index in [2.05, 4.69) is 5.32 Å². The molecule has 4 heteroatoms. The molecule has 4 fully saturated rings. The van der Waals surface area contributed by atoms with E-state index in [4.69, 9.17) is 10.5 Å². The fourth-order valence-electron chi connectivity index (χ4n) is 5.71. The zero-order chi connectivity index (χ0) is 16.7. The largest absolute Gasteiger partial charge is 0.492 e. The highest BCUT2D eigenvalue weighted by Gasteiger charge is 2.50. The first-order valence-corrected chi connectivity index (χ1v) is 9.37. The van der Waals surface area contributed by atoms with Gasteiger partial charge in [0.05, 0.1) is 18.8 Å². The molecule has 5 rings (SSSR count). The number of benzene rings is 1. The van der Waals surface area contributed by atoms with Gasteiger partial charge in [-0.1, -0.05) is 0 Å². The van der Waals surface area contributed by atoms with E-state index in [1.807, 2.05) is 13.0 Å². The summed E-state index contributed by atoms with van der Waals surface area (Å²) in [4.78, 5) is 12.6. The van der Waals surface area contributed by atoms with E-state index in [1.165, 1.54) is 38.5 Å². The molecule has 24 heavy (non-hydrogen) atoms. The molecule has 4 saturated carbocycles. The Hall–Kier alpha value is -1.55. The first kappa shape index (κ1) is 15.9. The quantitative estimate of drug-likeness (QED) is 0.620. The van der Waals surface area contributed by atoms with Crippen molar-refractivity contribution in [3.8, 4) is 5.75 Å². The summed E-state index contributed by atoms with van der Waals surface area (Å²) in [5.41, 5.74) is 7.43. The Kier molecular flexibility index (Phi) is 4.03. The number of nitrogen functional groups attached to an aromatic ring is 1. The second-order valence-electron chi connectivity index (χ2n) is 8.16. The normalized spacial score (nSPS) is 33.6. The molecule has 0 saturated heterocycles. The Morgan fingerprint density at radius 2 is 1.83 bits per heavy atom. The molecular weight excluding hydrogens is 300 g/mol. The second-order valence-corrected chi connectivity index (χ2v) is 8.16. The number of ether oxygens (including phenoxy) is 1. The minimum absolute atomic E-state index is 0.125. The van der Waals surface area contributed by atoms with Crippen LogP contribution in [0.2, 0.25) is 0 Å². The second kappa shape index (κ2) is 6.07. The van der Waals surface area contributed by atoms with Crippen molar-refractivity contribution >= 4 is 11.5 Å². The predicted molar refractivity (Wildman–Crippen MR) is 95.3 cm³/mol. The van der Waals surface area contributed by atoms with Gasteiger partial charge in [0.15, 0.2) is 5.78 Å². The van der Waals surface area contributed by atoms with Crippen LogP contribution < -0.4 is 15.8 Å². The predicted octanol–water partition coefficient (Wildman–Crippen LogP) is 3.41. The number of hydrogen-bond acceptors (Lipinski definition) is 4. The fraction of sp³-hybridized carbons (Fsp3) is 0.650. The van der Waals surface area contributed by atoms with Gasteiger partial charge in [0.25, 0.3) is 0 Å². The number of ketones is 1. The van der Waals surface area contributed by atoms with Crippen LogP contribution in [0.5, 0.6) is 5.75 Å². The Morgan fingerprint density at radius 1 is 1.21 bits per heavy atom. The van der Waals surface area contributed by atoms with Crippen molar-refractivity contribution in [1.82, 2.24) is 5.32 Å². The van der Waals surface area contributed by atoms with Crippen molar-refractivity contribution in [2.24, 2.45) is 17.8 Å². The molecule has 130 valence electrons. The van der Waals surface area contributed by atoms with Crippen LogP contribution in [0.25, 0.3) is 0 Å². The van der Waals surface area contributed by atoms with Crippen molar-refractivity contribution in [1.29, 1.82) is 0 Å². The summed E-state index contributed by atoms with van der Waals surface area (Å²) < 4.78 is 5.44. The Bertz CT molecular complexity index is 605. The number of nitrogens with one attached hydrogen (secondary N) is 1. The number of anilines is 1. The van der Waals surface area contributed by atoms with Gasteiger partial charge in [-0.2, -0.15) is 0 Å². The number of carbonyl (C=O) groups excluding carboxylic acids is 1. The molecule has 0 aromatic heterocycles. The van der Waals surface area contributed by atoms with Gasteiger partial charge < -0.3 is 15.8 Å². The SMILES string of the molecule is CCOc1ccc(C(=O)CNC23CC4CC(CC(C4)C2)C3)cc1N.